The molecule has 0 aromatic carbocycles. The van der Waals surface area contributed by atoms with E-state index < -0.39 is 6.10 Å². The Bertz CT molecular complexity index is 1530. The largest absolute Gasteiger partial charge is 0.462 e. The van der Waals surface area contributed by atoms with Gasteiger partial charge in [0.15, 0.2) is 6.10 Å². The van der Waals surface area contributed by atoms with Crippen LogP contribution in [0.5, 0.6) is 0 Å². The minimum absolute atomic E-state index is 0.115. The Kier molecular flexibility index (Phi) is 53.5. The standard InChI is InChI=1S/C64H102O6/c1-4-7-10-13-16-19-22-25-28-30-32-34-36-39-42-45-48-51-54-57-63(66)69-60-61(59-68-62(65)56-53-50-47-44-41-38-35-27-24-21-18-15-12-9-6-3)70-64(67)58-55-52-49-46-43-40-37-33-31-29-26-23-20-17-14-11-8-5-2/h7,10-11,14,16-17,19-20,23,25-26,28-29,31-34,37,39,42,48,51,61H,4-6,8-9,12-13,15,18,21-22,24,27,30,35-36,38,40-41,43-47,49-50,52-60H2,1-3H3/b10-7-,14-11-,19-16-,20-17-,26-23-,28-25-,31-29-,34-32-,37-33-,42-39-,51-48-. The van der Waals surface area contributed by atoms with Crippen molar-refractivity contribution in [2.24, 2.45) is 0 Å². The zero-order valence-electron chi connectivity index (χ0n) is 45.0. The van der Waals surface area contributed by atoms with E-state index in [1.54, 1.807) is 0 Å². The lowest BCUT2D eigenvalue weighted by molar-refractivity contribution is -0.166. The monoisotopic (exact) mass is 967 g/mol. The van der Waals surface area contributed by atoms with Crippen LogP contribution in [-0.4, -0.2) is 37.2 Å². The number of hydrogen-bond acceptors (Lipinski definition) is 6. The van der Waals surface area contributed by atoms with Crippen LogP contribution in [0.2, 0.25) is 0 Å². The number of carbonyl (C=O) groups is 3. The summed E-state index contributed by atoms with van der Waals surface area (Å²) in [5, 5.41) is 0. The molecule has 0 amide bonds. The quantitative estimate of drug-likeness (QED) is 0.0199. The number of carbonyl (C=O) groups excluding carboxylic acids is 3. The number of ether oxygens (including phenoxy) is 3. The maximum Gasteiger partial charge on any atom is 0.306 e. The molecule has 0 aliphatic rings. The first-order valence-corrected chi connectivity index (χ1v) is 28.3. The summed E-state index contributed by atoms with van der Waals surface area (Å²) in [5.74, 6) is -1.03. The molecule has 0 bridgehead atoms. The highest BCUT2D eigenvalue weighted by Gasteiger charge is 2.19. The Morgan fingerprint density at radius 3 is 1.11 bits per heavy atom. The molecule has 0 heterocycles. The van der Waals surface area contributed by atoms with Crippen LogP contribution in [0.3, 0.4) is 0 Å². The topological polar surface area (TPSA) is 78.9 Å². The van der Waals surface area contributed by atoms with Gasteiger partial charge in [0.2, 0.25) is 0 Å². The predicted molar refractivity (Wildman–Crippen MR) is 302 cm³/mol. The van der Waals surface area contributed by atoms with E-state index >= 15 is 0 Å². The Hall–Kier alpha value is -4.45. The van der Waals surface area contributed by atoms with E-state index in [0.717, 1.165) is 103 Å². The number of unbranched alkanes of at least 4 members (excludes halogenated alkanes) is 20. The first kappa shape index (κ1) is 65.5. The van der Waals surface area contributed by atoms with Crippen molar-refractivity contribution >= 4 is 17.9 Å². The molecule has 1 atom stereocenters. The second-order valence-electron chi connectivity index (χ2n) is 18.2. The van der Waals surface area contributed by atoms with Gasteiger partial charge < -0.3 is 14.2 Å². The van der Waals surface area contributed by atoms with Crippen LogP contribution in [0.15, 0.2) is 134 Å². The Balaban J connectivity index is 4.58. The van der Waals surface area contributed by atoms with E-state index in [0.29, 0.717) is 12.8 Å². The summed E-state index contributed by atoms with van der Waals surface area (Å²) in [6.45, 7) is 6.35. The molecule has 0 aliphatic heterocycles. The van der Waals surface area contributed by atoms with Gasteiger partial charge in [-0.1, -0.05) is 270 Å². The minimum atomic E-state index is -0.826. The lowest BCUT2D eigenvalue weighted by Crippen LogP contribution is -2.30. The van der Waals surface area contributed by atoms with E-state index in [-0.39, 0.29) is 44.0 Å². The molecule has 0 rings (SSSR count). The molecule has 0 radical (unpaired) electrons. The smallest absolute Gasteiger partial charge is 0.306 e. The first-order chi connectivity index (χ1) is 34.5. The molecule has 0 saturated carbocycles. The van der Waals surface area contributed by atoms with E-state index in [1.807, 2.05) is 48.6 Å². The molecule has 394 valence electrons. The third kappa shape index (κ3) is 54.5. The highest BCUT2D eigenvalue weighted by atomic mass is 16.6. The second kappa shape index (κ2) is 57.1. The van der Waals surface area contributed by atoms with Crippen LogP contribution in [0.1, 0.15) is 233 Å². The van der Waals surface area contributed by atoms with E-state index in [4.69, 9.17) is 14.2 Å². The number of rotatable bonds is 49. The molecule has 6 nitrogen and oxygen atoms in total. The van der Waals surface area contributed by atoms with Crippen LogP contribution in [-0.2, 0) is 28.6 Å². The van der Waals surface area contributed by atoms with Crippen molar-refractivity contribution in [3.8, 4) is 0 Å². The zero-order valence-corrected chi connectivity index (χ0v) is 45.0. The van der Waals surface area contributed by atoms with Crippen molar-refractivity contribution in [3.05, 3.63) is 134 Å². The lowest BCUT2D eigenvalue weighted by Gasteiger charge is -2.18. The van der Waals surface area contributed by atoms with Gasteiger partial charge >= 0.3 is 17.9 Å². The Morgan fingerprint density at radius 2 is 0.671 bits per heavy atom. The molecule has 0 N–H and O–H groups in total. The SMILES string of the molecule is CC/C=C\C/C=C\C/C=C\C/C=C\C/C=C\C/C=C\CCC(=O)OCC(COC(=O)CCCCCCCCCCCCCCCCC)OC(=O)CCCCCCC\C=C/C=C\C=C/C=C\C=C/CCC. The molecule has 70 heavy (non-hydrogen) atoms. The van der Waals surface area contributed by atoms with Crippen molar-refractivity contribution in [2.45, 2.75) is 239 Å². The third-order valence-corrected chi connectivity index (χ3v) is 11.5. The van der Waals surface area contributed by atoms with Gasteiger partial charge in [-0.2, -0.15) is 0 Å². The number of hydrogen-bond donors (Lipinski definition) is 0. The minimum Gasteiger partial charge on any atom is -0.462 e. The van der Waals surface area contributed by atoms with Gasteiger partial charge in [0, 0.05) is 19.3 Å². The van der Waals surface area contributed by atoms with E-state index in [9.17, 15) is 14.4 Å². The lowest BCUT2D eigenvalue weighted by atomic mass is 10.0. The molecule has 0 saturated heterocycles. The van der Waals surface area contributed by atoms with Crippen LogP contribution in [0, 0.1) is 0 Å². The molecule has 0 fully saturated rings. The maximum absolute atomic E-state index is 12.8. The average Bonchev–Trinajstić information content (AvgIpc) is 3.36. The number of allylic oxidation sites excluding steroid dienone is 22. The summed E-state index contributed by atoms with van der Waals surface area (Å²) in [6, 6.07) is 0. The molecule has 0 spiro atoms. The molecular weight excluding hydrogens is 865 g/mol. The summed E-state index contributed by atoms with van der Waals surface area (Å²) >= 11 is 0. The predicted octanol–water partition coefficient (Wildman–Crippen LogP) is 19.0. The van der Waals surface area contributed by atoms with Gasteiger partial charge in [0.1, 0.15) is 13.2 Å². The molecule has 0 aliphatic carbocycles. The Labute approximate surface area is 430 Å². The Morgan fingerprint density at radius 1 is 0.314 bits per heavy atom. The van der Waals surface area contributed by atoms with E-state index in [1.165, 1.54) is 83.5 Å². The summed E-state index contributed by atoms with van der Waals surface area (Å²) in [6.07, 6.45) is 80.1. The zero-order chi connectivity index (χ0) is 50.7. The molecule has 0 aromatic heterocycles. The summed E-state index contributed by atoms with van der Waals surface area (Å²) in [7, 11) is 0. The fraction of sp³-hybridized carbons (Fsp3) is 0.609. The van der Waals surface area contributed by atoms with Gasteiger partial charge in [-0.05, 0) is 77.0 Å². The molecule has 1 unspecified atom stereocenters. The summed E-state index contributed by atoms with van der Waals surface area (Å²) < 4.78 is 16.8. The molecule has 6 heteroatoms. The third-order valence-electron chi connectivity index (χ3n) is 11.5. The van der Waals surface area contributed by atoms with Crippen molar-refractivity contribution < 1.29 is 28.6 Å². The molecule has 0 aromatic rings. The van der Waals surface area contributed by atoms with Crippen LogP contribution >= 0.6 is 0 Å². The second-order valence-corrected chi connectivity index (χ2v) is 18.2. The van der Waals surface area contributed by atoms with Gasteiger partial charge in [-0.15, -0.1) is 0 Å². The van der Waals surface area contributed by atoms with Gasteiger partial charge in [-0.25, -0.2) is 0 Å². The highest BCUT2D eigenvalue weighted by molar-refractivity contribution is 5.71. The first-order valence-electron chi connectivity index (χ1n) is 28.3. The highest BCUT2D eigenvalue weighted by Crippen LogP contribution is 2.15. The average molecular weight is 968 g/mol. The van der Waals surface area contributed by atoms with Crippen molar-refractivity contribution in [1.29, 1.82) is 0 Å². The maximum atomic E-state index is 12.8. The van der Waals surface area contributed by atoms with Crippen molar-refractivity contribution in [2.75, 3.05) is 13.2 Å². The van der Waals surface area contributed by atoms with Crippen LogP contribution in [0.25, 0.3) is 0 Å². The van der Waals surface area contributed by atoms with Crippen LogP contribution in [0.4, 0.5) is 0 Å². The van der Waals surface area contributed by atoms with Crippen LogP contribution < -0.4 is 0 Å². The fourth-order valence-electron chi connectivity index (χ4n) is 7.32. The van der Waals surface area contributed by atoms with Gasteiger partial charge in [0.05, 0.1) is 0 Å². The number of esters is 3. The van der Waals surface area contributed by atoms with Gasteiger partial charge in [-0.3, -0.25) is 14.4 Å². The summed E-state index contributed by atoms with van der Waals surface area (Å²) in [5.41, 5.74) is 0. The fourth-order valence-corrected chi connectivity index (χ4v) is 7.32. The van der Waals surface area contributed by atoms with Crippen molar-refractivity contribution in [1.82, 2.24) is 0 Å². The normalized spacial score (nSPS) is 13.1. The summed E-state index contributed by atoms with van der Waals surface area (Å²) in [4.78, 5) is 38.1. The molecular formula is C64H102O6. The van der Waals surface area contributed by atoms with Crippen molar-refractivity contribution in [3.63, 3.8) is 0 Å². The van der Waals surface area contributed by atoms with Gasteiger partial charge in [0.25, 0.3) is 0 Å². The van der Waals surface area contributed by atoms with E-state index in [2.05, 4.69) is 106 Å².